The Morgan fingerprint density at radius 1 is 1.60 bits per heavy atom. The molecule has 0 amide bonds. The number of hydrogen-bond donors (Lipinski definition) is 1. The van der Waals surface area contributed by atoms with Crippen LogP contribution in [0.2, 0.25) is 0 Å². The molecule has 15 heavy (non-hydrogen) atoms. The minimum atomic E-state index is 0.00436. The van der Waals surface area contributed by atoms with Crippen molar-refractivity contribution < 1.29 is 4.74 Å². The van der Waals surface area contributed by atoms with Crippen LogP contribution in [-0.2, 0) is 0 Å². The summed E-state index contributed by atoms with van der Waals surface area (Å²) in [6.45, 7) is 5.84. The number of benzene rings is 1. The lowest BCUT2D eigenvalue weighted by molar-refractivity contribution is 0.412. The van der Waals surface area contributed by atoms with Crippen LogP contribution in [-0.4, -0.2) is 7.11 Å². The molecule has 1 aromatic carbocycles. The summed E-state index contributed by atoms with van der Waals surface area (Å²) in [5.41, 5.74) is 8.21. The Balaban J connectivity index is 2.87. The van der Waals surface area contributed by atoms with E-state index in [4.69, 9.17) is 10.5 Å². The Morgan fingerprint density at radius 2 is 2.27 bits per heavy atom. The summed E-state index contributed by atoms with van der Waals surface area (Å²) in [5, 5.41) is 0. The third-order valence-corrected chi connectivity index (χ3v) is 2.79. The zero-order valence-electron chi connectivity index (χ0n) is 9.09. The Bertz CT molecular complexity index is 363. The summed E-state index contributed by atoms with van der Waals surface area (Å²) in [7, 11) is 1.65. The number of rotatable bonds is 4. The quantitative estimate of drug-likeness (QED) is 0.851. The van der Waals surface area contributed by atoms with Crippen molar-refractivity contribution in [2.75, 3.05) is 7.11 Å². The van der Waals surface area contributed by atoms with Crippen LogP contribution in [0, 0.1) is 0 Å². The highest BCUT2D eigenvalue weighted by Gasteiger charge is 2.08. The van der Waals surface area contributed by atoms with E-state index in [1.165, 1.54) is 0 Å². The molecule has 1 rings (SSSR count). The van der Waals surface area contributed by atoms with E-state index < -0.39 is 0 Å². The fourth-order valence-corrected chi connectivity index (χ4v) is 1.96. The van der Waals surface area contributed by atoms with Crippen LogP contribution >= 0.6 is 15.9 Å². The van der Waals surface area contributed by atoms with Crippen LogP contribution in [0.5, 0.6) is 5.75 Å². The van der Waals surface area contributed by atoms with Gasteiger partial charge in [0.15, 0.2) is 0 Å². The maximum atomic E-state index is 6.03. The molecule has 0 saturated heterocycles. The van der Waals surface area contributed by atoms with E-state index in [0.29, 0.717) is 0 Å². The molecular weight excluding hydrogens is 254 g/mol. The van der Waals surface area contributed by atoms with E-state index in [-0.39, 0.29) is 6.04 Å². The lowest BCUT2D eigenvalue weighted by atomic mass is 10.0. The van der Waals surface area contributed by atoms with Gasteiger partial charge in [0.25, 0.3) is 0 Å². The average Bonchev–Trinajstić information content (AvgIpc) is 2.16. The van der Waals surface area contributed by atoms with Gasteiger partial charge in [-0.15, -0.1) is 6.58 Å². The highest BCUT2D eigenvalue weighted by Crippen LogP contribution is 2.28. The summed E-state index contributed by atoms with van der Waals surface area (Å²) >= 11 is 3.44. The third-order valence-electron chi connectivity index (χ3n) is 2.17. The minimum absolute atomic E-state index is 0.00436. The fraction of sp³-hybridized carbons (Fsp3) is 0.333. The monoisotopic (exact) mass is 269 g/mol. The van der Waals surface area contributed by atoms with E-state index in [1.54, 1.807) is 7.11 Å². The molecule has 1 aromatic rings. The first-order valence-corrected chi connectivity index (χ1v) is 5.57. The summed E-state index contributed by atoms with van der Waals surface area (Å²) in [6.07, 6.45) is 0.804. The zero-order valence-corrected chi connectivity index (χ0v) is 10.7. The second kappa shape index (κ2) is 5.33. The number of nitrogens with two attached hydrogens (primary N) is 1. The van der Waals surface area contributed by atoms with Gasteiger partial charge in [-0.1, -0.05) is 11.6 Å². The van der Waals surface area contributed by atoms with Crippen molar-refractivity contribution in [1.82, 2.24) is 0 Å². The Labute approximate surface area is 99.3 Å². The molecule has 0 heterocycles. The number of ether oxygens (including phenoxy) is 1. The minimum Gasteiger partial charge on any atom is -0.496 e. The highest BCUT2D eigenvalue weighted by atomic mass is 79.9. The van der Waals surface area contributed by atoms with Crippen molar-refractivity contribution in [2.24, 2.45) is 5.73 Å². The van der Waals surface area contributed by atoms with Crippen LogP contribution in [0.3, 0.4) is 0 Å². The van der Waals surface area contributed by atoms with Crippen LogP contribution < -0.4 is 10.5 Å². The van der Waals surface area contributed by atoms with Gasteiger partial charge in [0, 0.05) is 6.04 Å². The normalized spacial score (nSPS) is 12.3. The molecule has 0 aliphatic carbocycles. The lowest BCUT2D eigenvalue weighted by Crippen LogP contribution is -2.10. The first-order chi connectivity index (χ1) is 7.04. The van der Waals surface area contributed by atoms with Crippen molar-refractivity contribution in [3.8, 4) is 5.75 Å². The molecule has 1 unspecified atom stereocenters. The van der Waals surface area contributed by atoms with Gasteiger partial charge < -0.3 is 10.5 Å². The predicted octanol–water partition coefficient (Wildman–Crippen LogP) is 3.42. The average molecular weight is 270 g/mol. The highest BCUT2D eigenvalue weighted by molar-refractivity contribution is 9.10. The second-order valence-corrected chi connectivity index (χ2v) is 4.52. The molecule has 0 saturated carbocycles. The number of methoxy groups -OCH3 is 1. The van der Waals surface area contributed by atoms with E-state index >= 15 is 0 Å². The van der Waals surface area contributed by atoms with Crippen molar-refractivity contribution in [3.05, 3.63) is 40.4 Å². The second-order valence-electron chi connectivity index (χ2n) is 3.66. The number of hydrogen-bond acceptors (Lipinski definition) is 2. The van der Waals surface area contributed by atoms with Gasteiger partial charge in [-0.2, -0.15) is 0 Å². The summed E-state index contributed by atoms with van der Waals surface area (Å²) in [5.74, 6) is 0.821. The smallest absolute Gasteiger partial charge is 0.133 e. The largest absolute Gasteiger partial charge is 0.496 e. The van der Waals surface area contributed by atoms with Crippen molar-refractivity contribution in [3.63, 3.8) is 0 Å². The molecule has 2 N–H and O–H groups in total. The SMILES string of the molecule is C=C(C)CC(N)c1ccc(OC)c(Br)c1. The Morgan fingerprint density at radius 3 is 2.73 bits per heavy atom. The van der Waals surface area contributed by atoms with E-state index in [2.05, 4.69) is 22.5 Å². The molecule has 0 radical (unpaired) electrons. The number of halogens is 1. The molecule has 0 aliphatic rings. The van der Waals surface area contributed by atoms with Crippen LogP contribution in [0.4, 0.5) is 0 Å². The van der Waals surface area contributed by atoms with Gasteiger partial charge in [-0.25, -0.2) is 0 Å². The molecule has 0 aliphatic heterocycles. The van der Waals surface area contributed by atoms with Gasteiger partial charge >= 0.3 is 0 Å². The van der Waals surface area contributed by atoms with Crippen molar-refractivity contribution in [2.45, 2.75) is 19.4 Å². The molecule has 0 spiro atoms. The first kappa shape index (κ1) is 12.3. The summed E-state index contributed by atoms with van der Waals surface area (Å²) in [4.78, 5) is 0. The van der Waals surface area contributed by atoms with Gasteiger partial charge in [-0.3, -0.25) is 0 Å². The molecular formula is C12H16BrNO. The van der Waals surface area contributed by atoms with Gasteiger partial charge in [0.1, 0.15) is 5.75 Å². The van der Waals surface area contributed by atoms with Gasteiger partial charge in [-0.05, 0) is 47.0 Å². The first-order valence-electron chi connectivity index (χ1n) is 4.78. The van der Waals surface area contributed by atoms with E-state index in [0.717, 1.165) is 27.8 Å². The van der Waals surface area contributed by atoms with Crippen molar-refractivity contribution >= 4 is 15.9 Å². The Kier molecular flexibility index (Phi) is 4.36. The van der Waals surface area contributed by atoms with E-state index in [1.807, 2.05) is 25.1 Å². The topological polar surface area (TPSA) is 35.2 Å². The maximum absolute atomic E-state index is 6.03. The third kappa shape index (κ3) is 3.36. The van der Waals surface area contributed by atoms with Crippen LogP contribution in [0.15, 0.2) is 34.8 Å². The Hall–Kier alpha value is -0.800. The molecule has 0 fully saturated rings. The van der Waals surface area contributed by atoms with Gasteiger partial charge in [0.05, 0.1) is 11.6 Å². The fourth-order valence-electron chi connectivity index (χ4n) is 1.41. The maximum Gasteiger partial charge on any atom is 0.133 e. The molecule has 3 heteroatoms. The molecule has 82 valence electrons. The van der Waals surface area contributed by atoms with Crippen LogP contribution in [0.25, 0.3) is 0 Å². The molecule has 0 aromatic heterocycles. The summed E-state index contributed by atoms with van der Waals surface area (Å²) < 4.78 is 6.09. The standard InChI is InChI=1S/C12H16BrNO/c1-8(2)6-11(14)9-4-5-12(15-3)10(13)7-9/h4-5,7,11H,1,6,14H2,2-3H3. The lowest BCUT2D eigenvalue weighted by Gasteiger charge is -2.13. The van der Waals surface area contributed by atoms with Crippen LogP contribution in [0.1, 0.15) is 24.9 Å². The predicted molar refractivity (Wildman–Crippen MR) is 67.1 cm³/mol. The zero-order chi connectivity index (χ0) is 11.4. The molecule has 1 atom stereocenters. The van der Waals surface area contributed by atoms with Crippen molar-refractivity contribution in [1.29, 1.82) is 0 Å². The van der Waals surface area contributed by atoms with E-state index in [9.17, 15) is 0 Å². The van der Waals surface area contributed by atoms with Gasteiger partial charge in [0.2, 0.25) is 0 Å². The summed E-state index contributed by atoms with van der Waals surface area (Å²) in [6, 6.07) is 5.89. The molecule has 2 nitrogen and oxygen atoms in total. The molecule has 0 bridgehead atoms.